The summed E-state index contributed by atoms with van der Waals surface area (Å²) >= 11 is 0. The van der Waals surface area contributed by atoms with Crippen molar-refractivity contribution in [2.75, 3.05) is 25.4 Å². The van der Waals surface area contributed by atoms with Gasteiger partial charge in [0.2, 0.25) is 0 Å². The van der Waals surface area contributed by atoms with Gasteiger partial charge in [0, 0.05) is 12.1 Å². The minimum Gasteiger partial charge on any atom is -0.385 e. The maximum atomic E-state index is 11.7. The monoisotopic (exact) mass is 268 g/mol. The number of hydrogen-bond donors (Lipinski definition) is 2. The van der Waals surface area contributed by atoms with E-state index in [2.05, 4.69) is 23.7 Å². The van der Waals surface area contributed by atoms with E-state index in [0.29, 0.717) is 0 Å². The number of aromatic amines is 1. The first-order chi connectivity index (χ1) is 8.99. The molecule has 1 heterocycles. The van der Waals surface area contributed by atoms with Gasteiger partial charge in [-0.3, -0.25) is 14.3 Å². The van der Waals surface area contributed by atoms with Crippen LogP contribution < -0.4 is 17.0 Å². The molecule has 0 fully saturated rings. The van der Waals surface area contributed by atoms with Gasteiger partial charge in [-0.15, -0.1) is 0 Å². The summed E-state index contributed by atoms with van der Waals surface area (Å²) in [5, 5.41) is 0. The second kappa shape index (κ2) is 7.13. The van der Waals surface area contributed by atoms with Crippen molar-refractivity contribution in [3.8, 4) is 0 Å². The van der Waals surface area contributed by atoms with Crippen LogP contribution in [0.4, 0.5) is 5.82 Å². The number of anilines is 1. The predicted molar refractivity (Wildman–Crippen MR) is 77.5 cm³/mol. The van der Waals surface area contributed by atoms with Gasteiger partial charge < -0.3 is 10.6 Å². The van der Waals surface area contributed by atoms with Gasteiger partial charge in [-0.2, -0.15) is 0 Å². The maximum absolute atomic E-state index is 11.7. The van der Waals surface area contributed by atoms with Gasteiger partial charge in [0.05, 0.1) is 0 Å². The Bertz CT molecular complexity index is 502. The molecule has 0 saturated heterocycles. The zero-order valence-corrected chi connectivity index (χ0v) is 12.0. The van der Waals surface area contributed by atoms with Crippen LogP contribution in [0.15, 0.2) is 15.7 Å². The number of nitrogens with zero attached hydrogens (tertiary/aromatic N) is 2. The van der Waals surface area contributed by atoms with E-state index < -0.39 is 11.2 Å². The predicted octanol–water partition coefficient (Wildman–Crippen LogP) is 0.802. The highest BCUT2D eigenvalue weighted by molar-refractivity contribution is 5.26. The van der Waals surface area contributed by atoms with Gasteiger partial charge in [-0.05, 0) is 39.4 Å². The Balaban J connectivity index is 2.66. The smallest absolute Gasteiger partial charge is 0.330 e. The number of nitrogens with one attached hydrogen (secondary N) is 1. The molecule has 19 heavy (non-hydrogen) atoms. The first-order valence-corrected chi connectivity index (χ1v) is 6.83. The van der Waals surface area contributed by atoms with Crippen molar-refractivity contribution < 1.29 is 0 Å². The van der Waals surface area contributed by atoms with E-state index in [4.69, 9.17) is 5.73 Å². The molecule has 0 amide bonds. The lowest BCUT2D eigenvalue weighted by molar-refractivity contribution is 0.287. The van der Waals surface area contributed by atoms with Gasteiger partial charge in [-0.1, -0.05) is 13.8 Å². The van der Waals surface area contributed by atoms with E-state index in [1.54, 1.807) is 0 Å². The van der Waals surface area contributed by atoms with Crippen molar-refractivity contribution in [3.63, 3.8) is 0 Å². The zero-order valence-electron chi connectivity index (χ0n) is 12.0. The number of aromatic nitrogens is 2. The number of nitrogens with two attached hydrogens (primary N) is 1. The van der Waals surface area contributed by atoms with Gasteiger partial charge in [0.15, 0.2) is 0 Å². The van der Waals surface area contributed by atoms with Gasteiger partial charge in [-0.25, -0.2) is 4.79 Å². The van der Waals surface area contributed by atoms with E-state index >= 15 is 0 Å². The fourth-order valence-corrected chi connectivity index (χ4v) is 2.26. The molecule has 108 valence electrons. The lowest BCUT2D eigenvalue weighted by atomic mass is 10.1. The number of hydrogen-bond acceptors (Lipinski definition) is 4. The van der Waals surface area contributed by atoms with Crippen LogP contribution in [-0.4, -0.2) is 34.1 Å². The van der Waals surface area contributed by atoms with Gasteiger partial charge >= 0.3 is 5.69 Å². The lowest BCUT2D eigenvalue weighted by Crippen LogP contribution is -2.33. The summed E-state index contributed by atoms with van der Waals surface area (Å²) < 4.78 is 1.45. The summed E-state index contributed by atoms with van der Waals surface area (Å²) in [7, 11) is 0. The summed E-state index contributed by atoms with van der Waals surface area (Å²) in [5.41, 5.74) is 4.86. The van der Waals surface area contributed by atoms with Crippen LogP contribution >= 0.6 is 0 Å². The van der Waals surface area contributed by atoms with Crippen molar-refractivity contribution in [1.29, 1.82) is 0 Å². The minimum atomic E-state index is -0.450. The Kier molecular flexibility index (Phi) is 5.82. The van der Waals surface area contributed by atoms with Gasteiger partial charge in [0.25, 0.3) is 5.56 Å². The molecule has 0 aliphatic heterocycles. The summed E-state index contributed by atoms with van der Waals surface area (Å²) in [4.78, 5) is 27.4. The highest BCUT2D eigenvalue weighted by Crippen LogP contribution is 2.13. The van der Waals surface area contributed by atoms with Crippen molar-refractivity contribution in [3.05, 3.63) is 26.9 Å². The Morgan fingerprint density at radius 2 is 2.00 bits per heavy atom. The van der Waals surface area contributed by atoms with Crippen LogP contribution in [0.3, 0.4) is 0 Å². The largest absolute Gasteiger partial charge is 0.385 e. The topological polar surface area (TPSA) is 84.1 Å². The van der Waals surface area contributed by atoms with Crippen molar-refractivity contribution in [2.45, 2.75) is 39.7 Å². The fraction of sp³-hybridized carbons (Fsp3) is 0.692. The minimum absolute atomic E-state index is 0.0140. The molecule has 0 aliphatic rings. The summed E-state index contributed by atoms with van der Waals surface area (Å²) in [6.45, 7) is 9.29. The number of H-pyrrole nitrogens is 1. The van der Waals surface area contributed by atoms with Crippen LogP contribution in [0.1, 0.15) is 39.7 Å². The third kappa shape index (κ3) is 4.24. The van der Waals surface area contributed by atoms with E-state index in [0.717, 1.165) is 32.5 Å². The third-order valence-electron chi connectivity index (χ3n) is 3.44. The Morgan fingerprint density at radius 3 is 2.53 bits per heavy atom. The molecule has 3 N–H and O–H groups in total. The molecule has 1 aromatic heterocycles. The molecular weight excluding hydrogens is 244 g/mol. The van der Waals surface area contributed by atoms with Crippen LogP contribution in [0.2, 0.25) is 0 Å². The first kappa shape index (κ1) is 15.5. The molecule has 0 radical (unpaired) electrons. The molecule has 6 heteroatoms. The van der Waals surface area contributed by atoms with Crippen LogP contribution in [0.25, 0.3) is 0 Å². The van der Waals surface area contributed by atoms with Crippen molar-refractivity contribution in [1.82, 2.24) is 14.5 Å². The molecule has 0 saturated carbocycles. The standard InChI is InChI=1S/C13H24N4O2/c1-4-16(5-2)8-6-7-10(3)17-11(14)9-12(18)15-13(17)19/h9-10H,4-8,14H2,1-3H3,(H,15,18,19). The van der Waals surface area contributed by atoms with Crippen molar-refractivity contribution >= 4 is 5.82 Å². The fourth-order valence-electron chi connectivity index (χ4n) is 2.26. The third-order valence-corrected chi connectivity index (χ3v) is 3.44. The maximum Gasteiger partial charge on any atom is 0.330 e. The molecule has 1 rings (SSSR count). The van der Waals surface area contributed by atoms with Crippen molar-refractivity contribution in [2.24, 2.45) is 0 Å². The second-order valence-electron chi connectivity index (χ2n) is 4.75. The van der Waals surface area contributed by atoms with E-state index in [1.807, 2.05) is 6.92 Å². The molecule has 1 atom stereocenters. The highest BCUT2D eigenvalue weighted by atomic mass is 16.2. The highest BCUT2D eigenvalue weighted by Gasteiger charge is 2.11. The Hall–Kier alpha value is -1.56. The van der Waals surface area contributed by atoms with Crippen LogP contribution in [0, 0.1) is 0 Å². The average Bonchev–Trinajstić information content (AvgIpc) is 2.33. The summed E-state index contributed by atoms with van der Waals surface area (Å²) in [5.74, 6) is 0.226. The average molecular weight is 268 g/mol. The van der Waals surface area contributed by atoms with Crippen LogP contribution in [-0.2, 0) is 0 Å². The zero-order chi connectivity index (χ0) is 14.4. The molecule has 0 spiro atoms. The number of rotatable bonds is 7. The Morgan fingerprint density at radius 1 is 1.37 bits per heavy atom. The molecule has 1 aromatic rings. The lowest BCUT2D eigenvalue weighted by Gasteiger charge is -2.20. The van der Waals surface area contributed by atoms with E-state index in [1.165, 1.54) is 10.6 Å². The molecular formula is C13H24N4O2. The number of nitrogen functional groups attached to an aromatic ring is 1. The second-order valence-corrected chi connectivity index (χ2v) is 4.75. The summed E-state index contributed by atoms with van der Waals surface area (Å²) in [6, 6.07) is 1.24. The quantitative estimate of drug-likeness (QED) is 0.766. The molecule has 6 nitrogen and oxygen atoms in total. The van der Waals surface area contributed by atoms with Crippen LogP contribution in [0.5, 0.6) is 0 Å². The van der Waals surface area contributed by atoms with E-state index in [9.17, 15) is 9.59 Å². The summed E-state index contributed by atoms with van der Waals surface area (Å²) in [6.07, 6.45) is 1.85. The Labute approximate surface area is 113 Å². The SMILES string of the molecule is CCN(CC)CCCC(C)n1c(N)cc(=O)[nH]c1=O. The van der Waals surface area contributed by atoms with Gasteiger partial charge in [0.1, 0.15) is 5.82 Å². The molecule has 0 bridgehead atoms. The molecule has 0 aromatic carbocycles. The normalized spacial score (nSPS) is 12.8. The molecule has 1 unspecified atom stereocenters. The first-order valence-electron chi connectivity index (χ1n) is 6.83. The molecule has 0 aliphatic carbocycles. The van der Waals surface area contributed by atoms with E-state index in [-0.39, 0.29) is 11.9 Å².